The Kier molecular flexibility index (Phi) is 3.72. The van der Waals surface area contributed by atoms with Gasteiger partial charge in [-0.25, -0.2) is 4.39 Å². The van der Waals surface area contributed by atoms with E-state index in [2.05, 4.69) is 0 Å². The number of carbonyl (C=O) groups excluding carboxylic acids is 1. The van der Waals surface area contributed by atoms with Crippen LogP contribution < -0.4 is 0 Å². The molecule has 0 amide bonds. The molecule has 0 spiro atoms. The lowest BCUT2D eigenvalue weighted by Gasteiger charge is -2.04. The third-order valence-electron chi connectivity index (χ3n) is 2.78. The number of carbonyl (C=O) groups is 1. The molecule has 0 bridgehead atoms. The molecular formula is C15H13FO2. The van der Waals surface area contributed by atoms with Gasteiger partial charge in [0, 0.05) is 12.0 Å². The van der Waals surface area contributed by atoms with Gasteiger partial charge in [-0.1, -0.05) is 18.2 Å². The van der Waals surface area contributed by atoms with Crippen LogP contribution in [0.3, 0.4) is 0 Å². The van der Waals surface area contributed by atoms with Gasteiger partial charge in [0.25, 0.3) is 0 Å². The van der Waals surface area contributed by atoms with Gasteiger partial charge in [-0.05, 0) is 42.3 Å². The lowest BCUT2D eigenvalue weighted by atomic mass is 10.0. The van der Waals surface area contributed by atoms with Gasteiger partial charge in [-0.3, -0.25) is 4.79 Å². The van der Waals surface area contributed by atoms with Gasteiger partial charge < -0.3 is 5.11 Å². The van der Waals surface area contributed by atoms with Crippen molar-refractivity contribution in [2.75, 3.05) is 0 Å². The van der Waals surface area contributed by atoms with Crippen LogP contribution in [-0.4, -0.2) is 10.9 Å². The Morgan fingerprint density at radius 2 is 1.72 bits per heavy atom. The predicted octanol–water partition coefficient (Wildman–Crippen LogP) is 3.35. The number of para-hydroxylation sites is 1. The van der Waals surface area contributed by atoms with E-state index in [4.69, 9.17) is 0 Å². The number of rotatable bonds is 4. The number of hydrogen-bond donors (Lipinski definition) is 1. The highest BCUT2D eigenvalue weighted by atomic mass is 19.1. The lowest BCUT2D eigenvalue weighted by molar-refractivity contribution is 0.0982. The van der Waals surface area contributed by atoms with Crippen LogP contribution in [0.15, 0.2) is 48.5 Å². The highest BCUT2D eigenvalue weighted by Crippen LogP contribution is 2.18. The summed E-state index contributed by atoms with van der Waals surface area (Å²) in [5.74, 6) is -0.213. The Hall–Kier alpha value is -2.16. The van der Waals surface area contributed by atoms with Gasteiger partial charge in [0.05, 0.1) is 0 Å². The third-order valence-corrected chi connectivity index (χ3v) is 2.78. The summed E-state index contributed by atoms with van der Waals surface area (Å²) < 4.78 is 12.7. The van der Waals surface area contributed by atoms with Crippen molar-refractivity contribution >= 4 is 5.78 Å². The zero-order chi connectivity index (χ0) is 13.0. The van der Waals surface area contributed by atoms with Gasteiger partial charge in [0.1, 0.15) is 11.6 Å². The van der Waals surface area contributed by atoms with E-state index in [1.807, 2.05) is 6.07 Å². The number of phenols is 1. The zero-order valence-electron chi connectivity index (χ0n) is 9.77. The molecule has 0 aliphatic rings. The summed E-state index contributed by atoms with van der Waals surface area (Å²) in [6.45, 7) is 0. The zero-order valence-corrected chi connectivity index (χ0v) is 9.77. The van der Waals surface area contributed by atoms with Crippen molar-refractivity contribution in [1.29, 1.82) is 0 Å². The molecule has 18 heavy (non-hydrogen) atoms. The van der Waals surface area contributed by atoms with E-state index in [0.717, 1.165) is 5.56 Å². The molecule has 2 aromatic carbocycles. The largest absolute Gasteiger partial charge is 0.508 e. The van der Waals surface area contributed by atoms with Crippen LogP contribution in [0.1, 0.15) is 22.3 Å². The molecule has 0 fully saturated rings. The Balaban J connectivity index is 2.01. The maximum Gasteiger partial charge on any atom is 0.163 e. The first-order chi connectivity index (χ1) is 8.66. The fraction of sp³-hybridized carbons (Fsp3) is 0.133. The number of ketones is 1. The second-order valence-electron chi connectivity index (χ2n) is 4.06. The fourth-order valence-electron chi connectivity index (χ4n) is 1.75. The van der Waals surface area contributed by atoms with E-state index >= 15 is 0 Å². The lowest BCUT2D eigenvalue weighted by Crippen LogP contribution is -2.01. The SMILES string of the molecule is O=C(CCc1ccccc1O)c1ccc(F)cc1. The van der Waals surface area contributed by atoms with Gasteiger partial charge in [0.15, 0.2) is 5.78 Å². The van der Waals surface area contributed by atoms with Crippen molar-refractivity contribution in [3.63, 3.8) is 0 Å². The van der Waals surface area contributed by atoms with Crippen LogP contribution in [0, 0.1) is 5.82 Å². The summed E-state index contributed by atoms with van der Waals surface area (Å²) in [5.41, 5.74) is 1.24. The molecule has 0 saturated heterocycles. The standard InChI is InChI=1S/C15H13FO2/c16-13-8-5-12(6-9-13)15(18)10-7-11-3-1-2-4-14(11)17/h1-6,8-9,17H,7,10H2. The van der Waals surface area contributed by atoms with E-state index in [1.165, 1.54) is 24.3 Å². The van der Waals surface area contributed by atoms with Crippen molar-refractivity contribution in [3.05, 3.63) is 65.5 Å². The maximum atomic E-state index is 12.7. The maximum absolute atomic E-state index is 12.7. The minimum absolute atomic E-state index is 0.0572. The van der Waals surface area contributed by atoms with Crippen LogP contribution >= 0.6 is 0 Å². The molecule has 0 atom stereocenters. The first-order valence-electron chi connectivity index (χ1n) is 5.72. The number of benzene rings is 2. The number of aryl methyl sites for hydroxylation is 1. The predicted molar refractivity (Wildman–Crippen MR) is 67.2 cm³/mol. The van der Waals surface area contributed by atoms with Crippen LogP contribution in [-0.2, 0) is 6.42 Å². The molecule has 2 nitrogen and oxygen atoms in total. The van der Waals surface area contributed by atoms with E-state index < -0.39 is 0 Å². The van der Waals surface area contributed by atoms with E-state index in [-0.39, 0.29) is 17.3 Å². The average Bonchev–Trinajstić information content (AvgIpc) is 2.38. The molecule has 3 heteroatoms. The number of aromatic hydroxyl groups is 1. The highest BCUT2D eigenvalue weighted by molar-refractivity contribution is 5.96. The molecule has 0 aliphatic heterocycles. The number of phenolic OH excluding ortho intramolecular Hbond substituents is 1. The van der Waals surface area contributed by atoms with Gasteiger partial charge >= 0.3 is 0 Å². The normalized spacial score (nSPS) is 10.3. The fourth-order valence-corrected chi connectivity index (χ4v) is 1.75. The van der Waals surface area contributed by atoms with Gasteiger partial charge in [0.2, 0.25) is 0 Å². The molecule has 92 valence electrons. The second kappa shape index (κ2) is 5.45. The van der Waals surface area contributed by atoms with Crippen LogP contribution in [0.2, 0.25) is 0 Å². The Bertz CT molecular complexity index is 547. The van der Waals surface area contributed by atoms with Gasteiger partial charge in [-0.15, -0.1) is 0 Å². The molecule has 0 unspecified atom stereocenters. The molecule has 0 saturated carbocycles. The number of halogens is 1. The smallest absolute Gasteiger partial charge is 0.163 e. The van der Waals surface area contributed by atoms with Crippen molar-refractivity contribution in [3.8, 4) is 5.75 Å². The Morgan fingerprint density at radius 1 is 1.06 bits per heavy atom. The summed E-state index contributed by atoms with van der Waals surface area (Å²) in [6, 6.07) is 12.4. The molecule has 2 aromatic rings. The molecule has 1 N–H and O–H groups in total. The van der Waals surface area contributed by atoms with Crippen molar-refractivity contribution in [2.45, 2.75) is 12.8 Å². The summed E-state index contributed by atoms with van der Waals surface area (Å²) in [4.78, 5) is 11.8. The Labute approximate surface area is 105 Å². The molecule has 0 aliphatic carbocycles. The first-order valence-corrected chi connectivity index (χ1v) is 5.72. The summed E-state index contributed by atoms with van der Waals surface area (Å²) in [5, 5.41) is 9.57. The number of hydrogen-bond acceptors (Lipinski definition) is 2. The minimum atomic E-state index is -0.354. The van der Waals surface area contributed by atoms with Crippen LogP contribution in [0.4, 0.5) is 4.39 Å². The topological polar surface area (TPSA) is 37.3 Å². The molecule has 0 aromatic heterocycles. The molecule has 0 radical (unpaired) electrons. The second-order valence-corrected chi connectivity index (χ2v) is 4.06. The van der Waals surface area contributed by atoms with E-state index in [9.17, 15) is 14.3 Å². The van der Waals surface area contributed by atoms with Crippen molar-refractivity contribution in [2.24, 2.45) is 0 Å². The highest BCUT2D eigenvalue weighted by Gasteiger charge is 2.07. The van der Waals surface area contributed by atoms with Crippen LogP contribution in [0.5, 0.6) is 5.75 Å². The van der Waals surface area contributed by atoms with Crippen molar-refractivity contribution < 1.29 is 14.3 Å². The molecular weight excluding hydrogens is 231 g/mol. The first kappa shape index (κ1) is 12.3. The quantitative estimate of drug-likeness (QED) is 0.837. The summed E-state index contributed by atoms with van der Waals surface area (Å²) in [7, 11) is 0. The van der Waals surface area contributed by atoms with E-state index in [0.29, 0.717) is 18.4 Å². The van der Waals surface area contributed by atoms with E-state index in [1.54, 1.807) is 18.2 Å². The summed E-state index contributed by atoms with van der Waals surface area (Å²) in [6.07, 6.45) is 0.770. The monoisotopic (exact) mass is 244 g/mol. The molecule has 2 rings (SSSR count). The number of Topliss-reactive ketones (excluding diaryl/α,β-unsaturated/α-hetero) is 1. The Morgan fingerprint density at radius 3 is 2.39 bits per heavy atom. The van der Waals surface area contributed by atoms with Crippen LogP contribution in [0.25, 0.3) is 0 Å². The minimum Gasteiger partial charge on any atom is -0.508 e. The van der Waals surface area contributed by atoms with Gasteiger partial charge in [-0.2, -0.15) is 0 Å². The molecule has 0 heterocycles. The van der Waals surface area contributed by atoms with Crippen molar-refractivity contribution in [1.82, 2.24) is 0 Å². The average molecular weight is 244 g/mol. The summed E-state index contributed by atoms with van der Waals surface area (Å²) >= 11 is 0. The third kappa shape index (κ3) is 2.94.